The predicted molar refractivity (Wildman–Crippen MR) is 63.5 cm³/mol. The van der Waals surface area contributed by atoms with E-state index in [0.717, 1.165) is 25.9 Å². The molecule has 6 heteroatoms. The highest BCUT2D eigenvalue weighted by Gasteiger charge is 2.18. The Kier molecular flexibility index (Phi) is 3.86. The number of aliphatic carboxylic acids is 1. The van der Waals surface area contributed by atoms with Crippen LogP contribution in [0.3, 0.4) is 0 Å². The Morgan fingerprint density at radius 2 is 2.12 bits per heavy atom. The fraction of sp³-hybridized carbons (Fsp3) is 0.545. The second-order valence-electron chi connectivity index (χ2n) is 4.12. The summed E-state index contributed by atoms with van der Waals surface area (Å²) in [7, 11) is 0. The van der Waals surface area contributed by atoms with Crippen LogP contribution in [0.15, 0.2) is 5.38 Å². The number of carboxylic acids is 1. The molecular formula is C11H14N2O3S. The van der Waals surface area contributed by atoms with Crippen molar-refractivity contribution in [1.29, 1.82) is 0 Å². The van der Waals surface area contributed by atoms with Crippen LogP contribution in [-0.2, 0) is 11.2 Å². The molecule has 1 fully saturated rings. The molecule has 0 unspecified atom stereocenters. The van der Waals surface area contributed by atoms with Crippen molar-refractivity contribution < 1.29 is 14.7 Å². The topological polar surface area (TPSA) is 70.5 Å². The van der Waals surface area contributed by atoms with Gasteiger partial charge in [0.25, 0.3) is 0 Å². The van der Waals surface area contributed by atoms with Gasteiger partial charge in [-0.1, -0.05) is 0 Å². The summed E-state index contributed by atoms with van der Waals surface area (Å²) in [4.78, 5) is 28.5. The fourth-order valence-electron chi connectivity index (χ4n) is 1.88. The number of likely N-dealkylation sites (tertiary alicyclic amines) is 1. The molecule has 1 aromatic heterocycles. The third-order valence-electron chi connectivity index (χ3n) is 2.69. The Morgan fingerprint density at radius 3 is 2.76 bits per heavy atom. The number of rotatable bonds is 5. The normalized spacial score (nSPS) is 16.2. The molecule has 1 aromatic rings. The smallest absolute Gasteiger partial charge is 0.309 e. The zero-order valence-corrected chi connectivity index (χ0v) is 10.2. The lowest BCUT2D eigenvalue weighted by atomic mass is 10.3. The molecule has 0 bridgehead atoms. The summed E-state index contributed by atoms with van der Waals surface area (Å²) in [5.74, 6) is -0.928. The van der Waals surface area contributed by atoms with Gasteiger partial charge in [0.15, 0.2) is 5.01 Å². The van der Waals surface area contributed by atoms with Crippen LogP contribution in [0.25, 0.3) is 0 Å². The average Bonchev–Trinajstić information content (AvgIpc) is 2.87. The van der Waals surface area contributed by atoms with Gasteiger partial charge in [-0.25, -0.2) is 4.98 Å². The van der Waals surface area contributed by atoms with Crippen LogP contribution < -0.4 is 0 Å². The number of hydrogen-bond donors (Lipinski definition) is 1. The van der Waals surface area contributed by atoms with Gasteiger partial charge >= 0.3 is 5.97 Å². The largest absolute Gasteiger partial charge is 0.481 e. The highest BCUT2D eigenvalue weighted by molar-refractivity contribution is 7.11. The Morgan fingerprint density at radius 1 is 1.41 bits per heavy atom. The maximum absolute atomic E-state index is 11.9. The first-order valence-corrected chi connectivity index (χ1v) is 6.45. The average molecular weight is 254 g/mol. The summed E-state index contributed by atoms with van der Waals surface area (Å²) in [6, 6.07) is 0. The molecule has 0 spiro atoms. The SMILES string of the molecule is O=C(O)Cc1csc(C(=O)CN2CCCC2)n1. The van der Waals surface area contributed by atoms with E-state index in [1.165, 1.54) is 11.3 Å². The van der Waals surface area contributed by atoms with Crippen LogP contribution in [0.5, 0.6) is 0 Å². The second-order valence-corrected chi connectivity index (χ2v) is 4.98. The van der Waals surface area contributed by atoms with Crippen molar-refractivity contribution in [2.24, 2.45) is 0 Å². The van der Waals surface area contributed by atoms with Crippen molar-refractivity contribution in [3.63, 3.8) is 0 Å². The van der Waals surface area contributed by atoms with Crippen LogP contribution in [0.4, 0.5) is 0 Å². The first-order valence-electron chi connectivity index (χ1n) is 5.57. The molecule has 1 aliphatic heterocycles. The minimum absolute atomic E-state index is 0.00598. The fourth-order valence-corrected chi connectivity index (χ4v) is 2.63. The molecular weight excluding hydrogens is 240 g/mol. The van der Waals surface area contributed by atoms with Crippen LogP contribution in [-0.4, -0.2) is 46.4 Å². The third-order valence-corrected chi connectivity index (χ3v) is 3.62. The molecule has 0 atom stereocenters. The van der Waals surface area contributed by atoms with Gasteiger partial charge in [0.1, 0.15) is 0 Å². The summed E-state index contributed by atoms with van der Waals surface area (Å²) in [5.41, 5.74) is 0.465. The van der Waals surface area contributed by atoms with Crippen LogP contribution in [0, 0.1) is 0 Å². The van der Waals surface area contributed by atoms with Crippen molar-refractivity contribution in [2.45, 2.75) is 19.3 Å². The molecule has 0 aromatic carbocycles. The maximum atomic E-state index is 11.9. The standard InChI is InChI=1S/C11H14N2O3S/c14-9(6-13-3-1-2-4-13)11-12-8(7-17-11)5-10(15)16/h7H,1-6H2,(H,15,16). The Bertz CT molecular complexity index is 424. The van der Waals surface area contributed by atoms with Gasteiger partial charge in [-0.05, 0) is 25.9 Å². The molecule has 17 heavy (non-hydrogen) atoms. The van der Waals surface area contributed by atoms with E-state index >= 15 is 0 Å². The molecule has 1 saturated heterocycles. The number of ketones is 1. The van der Waals surface area contributed by atoms with E-state index in [0.29, 0.717) is 17.2 Å². The first kappa shape index (κ1) is 12.2. The van der Waals surface area contributed by atoms with Crippen molar-refractivity contribution in [3.05, 3.63) is 16.1 Å². The summed E-state index contributed by atoms with van der Waals surface area (Å²) in [5, 5.41) is 10.7. The number of carboxylic acid groups (broad SMARTS) is 1. The second kappa shape index (κ2) is 5.37. The van der Waals surface area contributed by atoms with Crippen molar-refractivity contribution in [3.8, 4) is 0 Å². The molecule has 0 amide bonds. The zero-order valence-electron chi connectivity index (χ0n) is 9.39. The van der Waals surface area contributed by atoms with Gasteiger partial charge in [0, 0.05) is 5.38 Å². The van der Waals surface area contributed by atoms with Crippen LogP contribution in [0.1, 0.15) is 28.3 Å². The molecule has 2 rings (SSSR count). The van der Waals surface area contributed by atoms with E-state index in [2.05, 4.69) is 9.88 Å². The minimum atomic E-state index is -0.922. The quantitative estimate of drug-likeness (QED) is 0.795. The number of thiazole rings is 1. The van der Waals surface area contributed by atoms with Gasteiger partial charge in [-0.15, -0.1) is 11.3 Å². The summed E-state index contributed by atoms with van der Waals surface area (Å²) in [6.45, 7) is 2.35. The lowest BCUT2D eigenvalue weighted by Gasteiger charge is -2.11. The number of nitrogens with zero attached hydrogens (tertiary/aromatic N) is 2. The summed E-state index contributed by atoms with van der Waals surface area (Å²) >= 11 is 1.23. The van der Waals surface area contributed by atoms with Crippen molar-refractivity contribution in [1.82, 2.24) is 9.88 Å². The van der Waals surface area contributed by atoms with E-state index in [-0.39, 0.29) is 12.2 Å². The molecule has 1 aliphatic rings. The van der Waals surface area contributed by atoms with Crippen molar-refractivity contribution >= 4 is 23.1 Å². The maximum Gasteiger partial charge on any atom is 0.309 e. The number of Topliss-reactive ketones (excluding diaryl/α,β-unsaturated/α-hetero) is 1. The van der Waals surface area contributed by atoms with Gasteiger partial charge in [-0.2, -0.15) is 0 Å². The lowest BCUT2D eigenvalue weighted by molar-refractivity contribution is -0.136. The zero-order chi connectivity index (χ0) is 12.3. The number of aromatic nitrogens is 1. The van der Waals surface area contributed by atoms with Crippen LogP contribution >= 0.6 is 11.3 Å². The van der Waals surface area contributed by atoms with Crippen LogP contribution in [0.2, 0.25) is 0 Å². The van der Waals surface area contributed by atoms with Gasteiger partial charge in [0.2, 0.25) is 5.78 Å². The summed E-state index contributed by atoms with van der Waals surface area (Å²) < 4.78 is 0. The monoisotopic (exact) mass is 254 g/mol. The van der Waals surface area contributed by atoms with E-state index in [9.17, 15) is 9.59 Å². The number of hydrogen-bond acceptors (Lipinski definition) is 5. The molecule has 5 nitrogen and oxygen atoms in total. The summed E-state index contributed by atoms with van der Waals surface area (Å²) in [6.07, 6.45) is 2.18. The Labute approximate surface area is 103 Å². The number of carbonyl (C=O) groups is 2. The van der Waals surface area contributed by atoms with E-state index in [1.807, 2.05) is 0 Å². The molecule has 2 heterocycles. The van der Waals surface area contributed by atoms with E-state index in [1.54, 1.807) is 5.38 Å². The van der Waals surface area contributed by atoms with Crippen molar-refractivity contribution in [2.75, 3.05) is 19.6 Å². The Balaban J connectivity index is 1.94. The molecule has 0 aliphatic carbocycles. The third kappa shape index (κ3) is 3.34. The predicted octanol–water partition coefficient (Wildman–Crippen LogP) is 1.05. The Hall–Kier alpha value is -1.27. The molecule has 0 saturated carbocycles. The number of carbonyl (C=O) groups excluding carboxylic acids is 1. The van der Waals surface area contributed by atoms with Gasteiger partial charge in [-0.3, -0.25) is 14.5 Å². The minimum Gasteiger partial charge on any atom is -0.481 e. The van der Waals surface area contributed by atoms with Gasteiger partial charge < -0.3 is 5.11 Å². The van der Waals surface area contributed by atoms with E-state index < -0.39 is 5.97 Å². The highest BCUT2D eigenvalue weighted by atomic mass is 32.1. The first-order chi connectivity index (χ1) is 8.15. The molecule has 0 radical (unpaired) electrons. The molecule has 1 N–H and O–H groups in total. The van der Waals surface area contributed by atoms with E-state index in [4.69, 9.17) is 5.11 Å². The molecule has 92 valence electrons. The highest BCUT2D eigenvalue weighted by Crippen LogP contribution is 2.14. The van der Waals surface area contributed by atoms with Gasteiger partial charge in [0.05, 0.1) is 18.7 Å². The lowest BCUT2D eigenvalue weighted by Crippen LogP contribution is -2.26.